The average molecular weight is 239 g/mol. The Kier molecular flexibility index (Phi) is 4.26. The lowest BCUT2D eigenvalue weighted by Gasteiger charge is -2.13. The molecule has 2 nitrogen and oxygen atoms in total. The van der Waals surface area contributed by atoms with E-state index in [0.717, 1.165) is 12.8 Å². The van der Waals surface area contributed by atoms with E-state index in [4.69, 9.17) is 0 Å². The van der Waals surface area contributed by atoms with Gasteiger partial charge in [0.05, 0.1) is 6.54 Å². The maximum Gasteiger partial charge on any atom is 0.133 e. The summed E-state index contributed by atoms with van der Waals surface area (Å²) in [7, 11) is 1.94. The molecule has 0 saturated carbocycles. The smallest absolute Gasteiger partial charge is 0.133 e. The SMILES string of the molecule is CN(CC=O)Cc1ccc(-c2ccccc2)cc1. The Morgan fingerprint density at radius 2 is 1.56 bits per heavy atom. The number of hydrogen-bond acceptors (Lipinski definition) is 2. The minimum absolute atomic E-state index is 0.473. The molecule has 0 aliphatic rings. The van der Waals surface area contributed by atoms with E-state index in [1.807, 2.05) is 30.1 Å². The van der Waals surface area contributed by atoms with Crippen molar-refractivity contribution in [3.05, 3.63) is 60.2 Å². The third-order valence-corrected chi connectivity index (χ3v) is 2.90. The number of rotatable bonds is 5. The van der Waals surface area contributed by atoms with Crippen LogP contribution in [0.5, 0.6) is 0 Å². The van der Waals surface area contributed by atoms with E-state index in [0.29, 0.717) is 6.54 Å². The first-order chi connectivity index (χ1) is 8.79. The highest BCUT2D eigenvalue weighted by Gasteiger charge is 2.00. The highest BCUT2D eigenvalue weighted by atomic mass is 16.1. The summed E-state index contributed by atoms with van der Waals surface area (Å²) < 4.78 is 0. The van der Waals surface area contributed by atoms with Crippen molar-refractivity contribution >= 4 is 6.29 Å². The lowest BCUT2D eigenvalue weighted by Crippen LogP contribution is -2.19. The predicted octanol–water partition coefficient (Wildman–Crippen LogP) is 2.98. The zero-order valence-electron chi connectivity index (χ0n) is 10.5. The fraction of sp³-hybridized carbons (Fsp3) is 0.188. The first-order valence-electron chi connectivity index (χ1n) is 6.06. The van der Waals surface area contributed by atoms with Crippen LogP contribution in [-0.4, -0.2) is 24.8 Å². The predicted molar refractivity (Wildman–Crippen MR) is 74.3 cm³/mol. The van der Waals surface area contributed by atoms with Gasteiger partial charge in [-0.2, -0.15) is 0 Å². The number of carbonyl (C=O) groups excluding carboxylic acids is 1. The average Bonchev–Trinajstić information content (AvgIpc) is 2.41. The van der Waals surface area contributed by atoms with E-state index in [1.165, 1.54) is 16.7 Å². The second kappa shape index (κ2) is 6.12. The maximum atomic E-state index is 10.4. The van der Waals surface area contributed by atoms with Crippen LogP contribution in [0.15, 0.2) is 54.6 Å². The van der Waals surface area contributed by atoms with Crippen molar-refractivity contribution in [2.24, 2.45) is 0 Å². The lowest BCUT2D eigenvalue weighted by molar-refractivity contribution is -0.108. The molecule has 0 N–H and O–H groups in total. The first-order valence-corrected chi connectivity index (χ1v) is 6.06. The van der Waals surface area contributed by atoms with Gasteiger partial charge in [0.25, 0.3) is 0 Å². The summed E-state index contributed by atoms with van der Waals surface area (Å²) in [6.07, 6.45) is 0.929. The standard InChI is InChI=1S/C16H17NO/c1-17(11-12-18)13-14-7-9-16(10-8-14)15-5-3-2-4-6-15/h2-10,12H,11,13H2,1H3. The van der Waals surface area contributed by atoms with Crippen molar-refractivity contribution in [1.29, 1.82) is 0 Å². The molecular formula is C16H17NO. The van der Waals surface area contributed by atoms with E-state index in [-0.39, 0.29) is 0 Å². The molecule has 0 spiro atoms. The molecule has 0 unspecified atom stereocenters. The highest BCUT2D eigenvalue weighted by Crippen LogP contribution is 2.19. The minimum Gasteiger partial charge on any atom is -0.302 e. The lowest BCUT2D eigenvalue weighted by atomic mass is 10.0. The fourth-order valence-electron chi connectivity index (χ4n) is 1.94. The van der Waals surface area contributed by atoms with Crippen LogP contribution in [0.1, 0.15) is 5.56 Å². The third kappa shape index (κ3) is 3.28. The molecule has 92 valence electrons. The molecule has 0 atom stereocenters. The van der Waals surface area contributed by atoms with Gasteiger partial charge in [0.15, 0.2) is 0 Å². The number of benzene rings is 2. The van der Waals surface area contributed by atoms with Gasteiger partial charge in [-0.3, -0.25) is 4.90 Å². The first kappa shape index (κ1) is 12.5. The second-order valence-electron chi connectivity index (χ2n) is 4.43. The van der Waals surface area contributed by atoms with Crippen molar-refractivity contribution in [3.8, 4) is 11.1 Å². The molecule has 0 bridgehead atoms. The Labute approximate surface area is 108 Å². The van der Waals surface area contributed by atoms with Crippen molar-refractivity contribution < 1.29 is 4.79 Å². The summed E-state index contributed by atoms with van der Waals surface area (Å²) in [4.78, 5) is 12.4. The van der Waals surface area contributed by atoms with Gasteiger partial charge < -0.3 is 4.79 Å². The quantitative estimate of drug-likeness (QED) is 0.748. The van der Waals surface area contributed by atoms with Gasteiger partial charge in [0, 0.05) is 6.54 Å². The van der Waals surface area contributed by atoms with Crippen LogP contribution in [0.3, 0.4) is 0 Å². The van der Waals surface area contributed by atoms with Gasteiger partial charge >= 0.3 is 0 Å². The van der Waals surface area contributed by atoms with Crippen LogP contribution in [0, 0.1) is 0 Å². The summed E-state index contributed by atoms with van der Waals surface area (Å²) in [5, 5.41) is 0. The summed E-state index contributed by atoms with van der Waals surface area (Å²) in [5.41, 5.74) is 3.67. The molecule has 0 aliphatic heterocycles. The Morgan fingerprint density at radius 1 is 0.944 bits per heavy atom. The van der Waals surface area contributed by atoms with Gasteiger partial charge in [-0.25, -0.2) is 0 Å². The number of carbonyl (C=O) groups is 1. The van der Waals surface area contributed by atoms with Gasteiger partial charge in [-0.15, -0.1) is 0 Å². The molecule has 2 rings (SSSR count). The Balaban J connectivity index is 2.08. The zero-order chi connectivity index (χ0) is 12.8. The molecule has 18 heavy (non-hydrogen) atoms. The molecule has 0 amide bonds. The molecule has 2 heteroatoms. The summed E-state index contributed by atoms with van der Waals surface area (Å²) >= 11 is 0. The monoisotopic (exact) mass is 239 g/mol. The van der Waals surface area contributed by atoms with Crippen LogP contribution >= 0.6 is 0 Å². The maximum absolute atomic E-state index is 10.4. The Morgan fingerprint density at radius 3 is 2.17 bits per heavy atom. The summed E-state index contributed by atoms with van der Waals surface area (Å²) in [6, 6.07) is 18.8. The summed E-state index contributed by atoms with van der Waals surface area (Å²) in [6.45, 7) is 1.27. The van der Waals surface area contributed by atoms with E-state index in [1.54, 1.807) is 0 Å². The summed E-state index contributed by atoms with van der Waals surface area (Å²) in [5.74, 6) is 0. The molecule has 0 radical (unpaired) electrons. The van der Waals surface area contributed by atoms with Crippen LogP contribution in [0.25, 0.3) is 11.1 Å². The fourth-order valence-corrected chi connectivity index (χ4v) is 1.94. The molecule has 0 aliphatic carbocycles. The molecule has 2 aromatic carbocycles. The van der Waals surface area contributed by atoms with E-state index < -0.39 is 0 Å². The minimum atomic E-state index is 0.473. The largest absolute Gasteiger partial charge is 0.302 e. The van der Waals surface area contributed by atoms with Crippen molar-refractivity contribution in [2.75, 3.05) is 13.6 Å². The molecular weight excluding hydrogens is 222 g/mol. The van der Waals surface area contributed by atoms with Crippen molar-refractivity contribution in [1.82, 2.24) is 4.90 Å². The number of likely N-dealkylation sites (N-methyl/N-ethyl adjacent to an activating group) is 1. The van der Waals surface area contributed by atoms with Crippen LogP contribution in [0.4, 0.5) is 0 Å². The van der Waals surface area contributed by atoms with E-state index in [2.05, 4.69) is 36.4 Å². The molecule has 0 heterocycles. The number of nitrogens with zero attached hydrogens (tertiary/aromatic N) is 1. The van der Waals surface area contributed by atoms with Crippen LogP contribution < -0.4 is 0 Å². The second-order valence-corrected chi connectivity index (χ2v) is 4.43. The number of hydrogen-bond donors (Lipinski definition) is 0. The van der Waals surface area contributed by atoms with Crippen molar-refractivity contribution in [2.45, 2.75) is 6.54 Å². The molecule has 0 aromatic heterocycles. The normalized spacial score (nSPS) is 10.6. The van der Waals surface area contributed by atoms with E-state index >= 15 is 0 Å². The van der Waals surface area contributed by atoms with Crippen LogP contribution in [0.2, 0.25) is 0 Å². The number of aldehydes is 1. The van der Waals surface area contributed by atoms with Crippen LogP contribution in [-0.2, 0) is 11.3 Å². The Hall–Kier alpha value is -1.93. The Bertz CT molecular complexity index is 490. The molecule has 2 aromatic rings. The highest BCUT2D eigenvalue weighted by molar-refractivity contribution is 5.63. The van der Waals surface area contributed by atoms with Gasteiger partial charge in [0.1, 0.15) is 6.29 Å². The molecule has 0 fully saturated rings. The van der Waals surface area contributed by atoms with Gasteiger partial charge in [-0.05, 0) is 23.7 Å². The zero-order valence-corrected chi connectivity index (χ0v) is 10.5. The topological polar surface area (TPSA) is 20.3 Å². The van der Waals surface area contributed by atoms with Gasteiger partial charge in [0.2, 0.25) is 0 Å². The molecule has 0 saturated heterocycles. The third-order valence-electron chi connectivity index (χ3n) is 2.90. The van der Waals surface area contributed by atoms with Crippen molar-refractivity contribution in [3.63, 3.8) is 0 Å². The van der Waals surface area contributed by atoms with Gasteiger partial charge in [-0.1, -0.05) is 54.6 Å². The van der Waals surface area contributed by atoms with E-state index in [9.17, 15) is 4.79 Å².